The fourth-order valence-electron chi connectivity index (χ4n) is 6.98. The van der Waals surface area contributed by atoms with Gasteiger partial charge in [0.25, 0.3) is 0 Å². The molecule has 0 aliphatic carbocycles. The van der Waals surface area contributed by atoms with E-state index in [1.165, 1.54) is 38.8 Å². The smallest absolute Gasteiger partial charge is 0.225 e. The van der Waals surface area contributed by atoms with Crippen LogP contribution in [0.4, 0.5) is 5.95 Å². The van der Waals surface area contributed by atoms with Crippen molar-refractivity contribution in [2.45, 2.75) is 57.6 Å². The van der Waals surface area contributed by atoms with E-state index in [9.17, 15) is 5.26 Å². The molecule has 238 valence electrons. The van der Waals surface area contributed by atoms with Gasteiger partial charge in [0, 0.05) is 43.8 Å². The summed E-state index contributed by atoms with van der Waals surface area (Å²) in [6.45, 7) is 11.7. The van der Waals surface area contributed by atoms with Gasteiger partial charge < -0.3 is 19.7 Å². The fraction of sp³-hybridized carbons (Fsp3) is 0.514. The van der Waals surface area contributed by atoms with Crippen molar-refractivity contribution in [3.8, 4) is 17.6 Å². The van der Waals surface area contributed by atoms with Crippen LogP contribution < -0.4 is 19.7 Å². The summed E-state index contributed by atoms with van der Waals surface area (Å²) < 4.78 is 11.8. The second-order valence-electron chi connectivity index (χ2n) is 13.1. The number of benzene rings is 2. The molecule has 0 atom stereocenters. The molecule has 1 spiro atoms. The summed E-state index contributed by atoms with van der Waals surface area (Å²) in [7, 11) is 0. The Morgan fingerprint density at radius 3 is 2.47 bits per heavy atom. The van der Waals surface area contributed by atoms with Crippen LogP contribution in [-0.4, -0.2) is 72.7 Å². The third kappa shape index (κ3) is 7.02. The van der Waals surface area contributed by atoms with Crippen LogP contribution in [0.15, 0.2) is 48.7 Å². The molecule has 0 bridgehead atoms. The molecular formula is C35H42Cl2N6O2. The van der Waals surface area contributed by atoms with Gasteiger partial charge in [0.15, 0.2) is 5.75 Å². The zero-order valence-corrected chi connectivity index (χ0v) is 27.7. The van der Waals surface area contributed by atoms with Crippen molar-refractivity contribution in [2.75, 3.05) is 56.7 Å². The number of aromatic nitrogens is 2. The van der Waals surface area contributed by atoms with Crippen molar-refractivity contribution in [3.63, 3.8) is 0 Å². The monoisotopic (exact) mass is 648 g/mol. The predicted octanol–water partition coefficient (Wildman–Crippen LogP) is 6.18. The Labute approximate surface area is 276 Å². The van der Waals surface area contributed by atoms with Crippen LogP contribution in [0.3, 0.4) is 0 Å². The maximum Gasteiger partial charge on any atom is 0.225 e. The summed E-state index contributed by atoms with van der Waals surface area (Å²) in [4.78, 5) is 14.5. The lowest BCUT2D eigenvalue weighted by Gasteiger charge is -2.57. The summed E-state index contributed by atoms with van der Waals surface area (Å²) in [6.07, 6.45) is 6.82. The first kappa shape index (κ1) is 31.9. The predicted molar refractivity (Wildman–Crippen MR) is 179 cm³/mol. The molecule has 6 rings (SSSR count). The molecule has 0 amide bonds. The van der Waals surface area contributed by atoms with Crippen LogP contribution in [0.2, 0.25) is 5.02 Å². The molecule has 1 aromatic heterocycles. The van der Waals surface area contributed by atoms with Gasteiger partial charge in [-0.25, -0.2) is 9.97 Å². The number of rotatable bonds is 10. The molecule has 3 saturated heterocycles. The molecule has 45 heavy (non-hydrogen) atoms. The molecule has 0 unspecified atom stereocenters. The molecule has 4 heterocycles. The number of piperidine rings is 2. The lowest BCUT2D eigenvalue weighted by atomic mass is 9.71. The third-order valence-electron chi connectivity index (χ3n) is 9.88. The Kier molecular flexibility index (Phi) is 9.72. The number of likely N-dealkylation sites (tertiary alicyclic amines) is 1. The number of hydrogen-bond acceptors (Lipinski definition) is 8. The first-order chi connectivity index (χ1) is 21.8. The Morgan fingerprint density at radius 1 is 1.04 bits per heavy atom. The largest absolute Gasteiger partial charge is 0.489 e. The van der Waals surface area contributed by atoms with Crippen LogP contribution in [0, 0.1) is 16.7 Å². The van der Waals surface area contributed by atoms with E-state index in [1.54, 1.807) is 0 Å². The van der Waals surface area contributed by atoms with Crippen molar-refractivity contribution >= 4 is 29.2 Å². The topological polar surface area (TPSA) is 86.5 Å². The van der Waals surface area contributed by atoms with Gasteiger partial charge in [-0.2, -0.15) is 5.26 Å². The maximum atomic E-state index is 9.71. The Hall–Kier alpha value is -3.09. The highest BCUT2D eigenvalue weighted by Crippen LogP contribution is 2.43. The normalized spacial score (nSPS) is 18.8. The lowest BCUT2D eigenvalue weighted by Crippen LogP contribution is -2.64. The number of anilines is 1. The quantitative estimate of drug-likeness (QED) is 0.261. The van der Waals surface area contributed by atoms with Gasteiger partial charge in [0.2, 0.25) is 5.95 Å². The van der Waals surface area contributed by atoms with Gasteiger partial charge in [-0.05, 0) is 85.6 Å². The summed E-state index contributed by atoms with van der Waals surface area (Å²) in [5.41, 5.74) is 3.33. The highest BCUT2D eigenvalue weighted by molar-refractivity contribution is 6.32. The molecule has 0 saturated carbocycles. The van der Waals surface area contributed by atoms with E-state index in [0.29, 0.717) is 34.2 Å². The summed E-state index contributed by atoms with van der Waals surface area (Å²) >= 11 is 12.3. The van der Waals surface area contributed by atoms with Gasteiger partial charge in [-0.1, -0.05) is 37.6 Å². The number of hydrogen-bond donors (Lipinski definition) is 1. The van der Waals surface area contributed by atoms with Crippen molar-refractivity contribution < 1.29 is 9.47 Å². The Bertz CT molecular complexity index is 1500. The molecule has 10 heteroatoms. The molecule has 3 aliphatic heterocycles. The van der Waals surface area contributed by atoms with Gasteiger partial charge in [0.05, 0.1) is 22.2 Å². The van der Waals surface area contributed by atoms with Gasteiger partial charge >= 0.3 is 0 Å². The molecule has 3 aromatic rings. The lowest BCUT2D eigenvalue weighted by molar-refractivity contribution is -0.0538. The standard InChI is InChI=1S/C35H42Cl2N6O2/c1-34(2,27-19-25(21-38)32(31(37)20-27)44-18-12-36)26-3-5-30(6-4-26)45-22-28-7-15-40-33(41-28)42-16-10-35(11-17-42)23-43(24-35)29-8-13-39-14-9-29/h3-7,15,19-20,29,39H,8-14,16-18,22-24H2,1-2H3. The zero-order chi connectivity index (χ0) is 31.4. The molecule has 3 fully saturated rings. The summed E-state index contributed by atoms with van der Waals surface area (Å²) in [5, 5.41) is 13.6. The molecule has 3 aliphatic rings. The van der Waals surface area contributed by atoms with Crippen molar-refractivity contribution in [1.82, 2.24) is 20.2 Å². The van der Waals surface area contributed by atoms with Crippen LogP contribution in [0.1, 0.15) is 61.9 Å². The van der Waals surface area contributed by atoms with E-state index >= 15 is 0 Å². The second kappa shape index (κ2) is 13.7. The SMILES string of the molecule is CC(C)(c1ccc(OCc2ccnc(N3CCC4(CC3)CN(C3CCNCC3)C4)n2)cc1)c1cc(Cl)c(OCCCl)c(C#N)c1. The van der Waals surface area contributed by atoms with E-state index in [0.717, 1.165) is 60.7 Å². The second-order valence-corrected chi connectivity index (χ2v) is 13.9. The maximum absolute atomic E-state index is 9.71. The molecule has 8 nitrogen and oxygen atoms in total. The summed E-state index contributed by atoms with van der Waals surface area (Å²) in [6, 6.07) is 16.6. The first-order valence-electron chi connectivity index (χ1n) is 16.0. The highest BCUT2D eigenvalue weighted by Gasteiger charge is 2.47. The number of nitrogens with zero attached hydrogens (tertiary/aromatic N) is 5. The zero-order valence-electron chi connectivity index (χ0n) is 26.2. The Balaban J connectivity index is 1.03. The van der Waals surface area contributed by atoms with E-state index in [2.05, 4.69) is 52.2 Å². The van der Waals surface area contributed by atoms with Crippen molar-refractivity contribution in [3.05, 3.63) is 76.1 Å². The minimum atomic E-state index is -0.404. The van der Waals surface area contributed by atoms with E-state index in [1.807, 2.05) is 36.5 Å². The third-order valence-corrected chi connectivity index (χ3v) is 10.3. The fourth-order valence-corrected chi connectivity index (χ4v) is 7.33. The number of ether oxygens (including phenoxy) is 2. The minimum Gasteiger partial charge on any atom is -0.489 e. The minimum absolute atomic E-state index is 0.285. The van der Waals surface area contributed by atoms with Crippen LogP contribution >= 0.6 is 23.2 Å². The molecular weight excluding hydrogens is 607 g/mol. The number of alkyl halides is 1. The van der Waals surface area contributed by atoms with Crippen molar-refractivity contribution in [1.29, 1.82) is 5.26 Å². The average molecular weight is 650 g/mol. The van der Waals surface area contributed by atoms with Gasteiger partial charge in [-0.3, -0.25) is 4.90 Å². The molecule has 0 radical (unpaired) electrons. The van der Waals surface area contributed by atoms with Gasteiger partial charge in [0.1, 0.15) is 25.0 Å². The first-order valence-corrected chi connectivity index (χ1v) is 16.9. The number of halogens is 2. The van der Waals surface area contributed by atoms with E-state index < -0.39 is 5.41 Å². The highest BCUT2D eigenvalue weighted by atomic mass is 35.5. The van der Waals surface area contributed by atoms with Crippen molar-refractivity contribution in [2.24, 2.45) is 5.41 Å². The van der Waals surface area contributed by atoms with Crippen LogP contribution in [0.5, 0.6) is 11.5 Å². The number of nitriles is 1. The number of nitrogens with one attached hydrogen (secondary N) is 1. The van der Waals surface area contributed by atoms with E-state index in [-0.39, 0.29) is 6.61 Å². The van der Waals surface area contributed by atoms with Crippen LogP contribution in [0.25, 0.3) is 0 Å². The van der Waals surface area contributed by atoms with Crippen LogP contribution in [-0.2, 0) is 12.0 Å². The van der Waals surface area contributed by atoms with Gasteiger partial charge in [-0.15, -0.1) is 11.6 Å². The average Bonchev–Trinajstić information content (AvgIpc) is 3.06. The molecule has 1 N–H and O–H groups in total. The molecule has 2 aromatic carbocycles. The Morgan fingerprint density at radius 2 is 1.78 bits per heavy atom. The summed E-state index contributed by atoms with van der Waals surface area (Å²) in [5.74, 6) is 2.25. The van der Waals surface area contributed by atoms with E-state index in [4.69, 9.17) is 37.7 Å².